The van der Waals surface area contributed by atoms with Crippen molar-refractivity contribution < 1.29 is 9.59 Å². The van der Waals surface area contributed by atoms with Gasteiger partial charge in [0.25, 0.3) is 0 Å². The average molecular weight is 386 g/mol. The van der Waals surface area contributed by atoms with Crippen LogP contribution in [0.3, 0.4) is 0 Å². The number of hydrogen-bond acceptors (Lipinski definition) is 2. The van der Waals surface area contributed by atoms with E-state index in [0.29, 0.717) is 16.5 Å². The number of anilines is 1. The molecular weight excluding hydrogens is 369 g/mol. The van der Waals surface area contributed by atoms with Crippen LogP contribution in [0.2, 0.25) is 10.0 Å². The van der Waals surface area contributed by atoms with Gasteiger partial charge in [0.15, 0.2) is 5.78 Å². The molecule has 5 heteroatoms. The summed E-state index contributed by atoms with van der Waals surface area (Å²) in [5, 5.41) is 1.26. The van der Waals surface area contributed by atoms with E-state index in [-0.39, 0.29) is 24.0 Å². The number of benzene rings is 2. The highest BCUT2D eigenvalue weighted by Crippen LogP contribution is 2.43. The number of Topliss-reactive ketones (excluding diaryl/α,β-unsaturated/α-hetero) is 1. The normalized spacial score (nSPS) is 20.4. The molecule has 0 fully saturated rings. The maximum Gasteiger partial charge on any atom is 0.232 e. The summed E-state index contributed by atoms with van der Waals surface area (Å²) < 4.78 is 0. The Morgan fingerprint density at radius 2 is 1.46 bits per heavy atom. The first kappa shape index (κ1) is 17.3. The number of nitrogens with zero attached hydrogens (tertiary/aromatic N) is 1. The molecule has 2 aliphatic rings. The summed E-state index contributed by atoms with van der Waals surface area (Å²) in [5.74, 6) is -0.0653. The second-order valence-electron chi connectivity index (χ2n) is 6.65. The number of halogens is 2. The van der Waals surface area contributed by atoms with Crippen molar-refractivity contribution in [2.75, 3.05) is 4.90 Å². The quantitative estimate of drug-likeness (QED) is 0.682. The molecule has 2 aromatic rings. The van der Waals surface area contributed by atoms with Gasteiger partial charge in [-0.25, -0.2) is 0 Å². The number of carbonyl (C=O) groups excluding carboxylic acids is 2. The monoisotopic (exact) mass is 385 g/mol. The van der Waals surface area contributed by atoms with E-state index in [1.165, 1.54) is 0 Å². The Morgan fingerprint density at radius 1 is 0.846 bits per heavy atom. The first-order chi connectivity index (χ1) is 12.5. The van der Waals surface area contributed by atoms with Gasteiger partial charge in [0.2, 0.25) is 5.91 Å². The van der Waals surface area contributed by atoms with E-state index < -0.39 is 0 Å². The molecule has 3 nitrogen and oxygen atoms in total. The van der Waals surface area contributed by atoms with Crippen molar-refractivity contribution in [3.05, 3.63) is 75.4 Å². The van der Waals surface area contributed by atoms with Crippen LogP contribution in [0.1, 0.15) is 37.2 Å². The first-order valence-corrected chi connectivity index (χ1v) is 9.40. The molecule has 0 N–H and O–H groups in total. The minimum absolute atomic E-state index is 0.000669. The third kappa shape index (κ3) is 3.06. The lowest BCUT2D eigenvalue weighted by molar-refractivity contribution is -0.119. The van der Waals surface area contributed by atoms with Crippen molar-refractivity contribution in [1.82, 2.24) is 0 Å². The molecule has 0 bridgehead atoms. The highest BCUT2D eigenvalue weighted by molar-refractivity contribution is 6.31. The van der Waals surface area contributed by atoms with Gasteiger partial charge >= 0.3 is 0 Å². The third-order valence-corrected chi connectivity index (χ3v) is 5.54. The summed E-state index contributed by atoms with van der Waals surface area (Å²) >= 11 is 12.0. The summed E-state index contributed by atoms with van der Waals surface area (Å²) in [6, 6.07) is 14.6. The van der Waals surface area contributed by atoms with Crippen LogP contribution in [-0.2, 0) is 9.59 Å². The molecule has 0 spiro atoms. The molecule has 1 heterocycles. The maximum atomic E-state index is 13.0. The van der Waals surface area contributed by atoms with E-state index in [1.807, 2.05) is 24.3 Å². The predicted molar refractivity (Wildman–Crippen MR) is 104 cm³/mol. The molecule has 1 atom stereocenters. The lowest BCUT2D eigenvalue weighted by Crippen LogP contribution is -2.40. The van der Waals surface area contributed by atoms with Gasteiger partial charge in [-0.15, -0.1) is 0 Å². The summed E-state index contributed by atoms with van der Waals surface area (Å²) in [4.78, 5) is 27.5. The minimum atomic E-state index is -0.203. The zero-order valence-electron chi connectivity index (χ0n) is 14.0. The molecule has 1 unspecified atom stereocenters. The lowest BCUT2D eigenvalue weighted by atomic mass is 9.77. The van der Waals surface area contributed by atoms with Crippen LogP contribution >= 0.6 is 23.2 Å². The molecule has 1 amide bonds. The summed E-state index contributed by atoms with van der Waals surface area (Å²) in [7, 11) is 0. The lowest BCUT2D eigenvalue weighted by Gasteiger charge is -2.38. The first-order valence-electron chi connectivity index (χ1n) is 8.65. The highest BCUT2D eigenvalue weighted by atomic mass is 35.5. The SMILES string of the molecule is O=C1CCCC2=C1C(c1ccc(Cl)cc1)CC(=O)N2c1ccc(Cl)cc1. The van der Waals surface area contributed by atoms with Crippen LogP contribution in [0, 0.1) is 0 Å². The van der Waals surface area contributed by atoms with Crippen LogP contribution < -0.4 is 4.90 Å². The highest BCUT2D eigenvalue weighted by Gasteiger charge is 2.39. The summed E-state index contributed by atoms with van der Waals surface area (Å²) in [6.07, 6.45) is 2.29. The van der Waals surface area contributed by atoms with E-state index in [2.05, 4.69) is 0 Å². The molecule has 1 aliphatic carbocycles. The molecule has 0 saturated heterocycles. The van der Waals surface area contributed by atoms with Crippen molar-refractivity contribution in [3.8, 4) is 0 Å². The van der Waals surface area contributed by atoms with Gasteiger partial charge in [-0.1, -0.05) is 35.3 Å². The standard InChI is InChI=1S/C21H17Cl2NO2/c22-14-6-4-13(5-7-14)17-12-20(26)24(16-10-8-15(23)9-11-16)18-2-1-3-19(25)21(17)18/h4-11,17H,1-3,12H2. The van der Waals surface area contributed by atoms with Gasteiger partial charge in [0.1, 0.15) is 0 Å². The second kappa shape index (κ2) is 6.90. The molecule has 0 saturated carbocycles. The largest absolute Gasteiger partial charge is 0.294 e. The van der Waals surface area contributed by atoms with Crippen molar-refractivity contribution in [3.63, 3.8) is 0 Å². The predicted octanol–water partition coefficient (Wildman–Crippen LogP) is 5.52. The van der Waals surface area contributed by atoms with Crippen molar-refractivity contribution in [2.45, 2.75) is 31.6 Å². The molecule has 0 radical (unpaired) electrons. The van der Waals surface area contributed by atoms with Crippen LogP contribution in [-0.4, -0.2) is 11.7 Å². The van der Waals surface area contributed by atoms with E-state index in [1.54, 1.807) is 29.2 Å². The van der Waals surface area contributed by atoms with Gasteiger partial charge in [0.05, 0.1) is 0 Å². The molecule has 0 aromatic heterocycles. The molecule has 132 valence electrons. The van der Waals surface area contributed by atoms with Crippen LogP contribution in [0.15, 0.2) is 59.8 Å². The second-order valence-corrected chi connectivity index (χ2v) is 7.52. The average Bonchev–Trinajstić information content (AvgIpc) is 2.63. The Balaban J connectivity index is 1.84. The Labute approximate surface area is 162 Å². The van der Waals surface area contributed by atoms with E-state index in [4.69, 9.17) is 23.2 Å². The molecular formula is C21H17Cl2NO2. The summed E-state index contributed by atoms with van der Waals surface area (Å²) in [5.41, 5.74) is 3.32. The van der Waals surface area contributed by atoms with Crippen LogP contribution in [0.5, 0.6) is 0 Å². The number of allylic oxidation sites excluding steroid dienone is 2. The zero-order chi connectivity index (χ0) is 18.3. The fraction of sp³-hybridized carbons (Fsp3) is 0.238. The van der Waals surface area contributed by atoms with Crippen molar-refractivity contribution in [1.29, 1.82) is 0 Å². The molecule has 2 aromatic carbocycles. The number of hydrogen-bond donors (Lipinski definition) is 0. The molecule has 26 heavy (non-hydrogen) atoms. The maximum absolute atomic E-state index is 13.0. The number of ketones is 1. The van der Waals surface area contributed by atoms with E-state index in [9.17, 15) is 9.59 Å². The van der Waals surface area contributed by atoms with E-state index in [0.717, 1.165) is 35.4 Å². The van der Waals surface area contributed by atoms with Crippen molar-refractivity contribution >= 4 is 40.6 Å². The Morgan fingerprint density at radius 3 is 2.12 bits per heavy atom. The smallest absolute Gasteiger partial charge is 0.232 e. The number of rotatable bonds is 2. The van der Waals surface area contributed by atoms with Gasteiger partial charge in [-0.05, 0) is 54.8 Å². The van der Waals surface area contributed by atoms with Gasteiger partial charge in [-0.2, -0.15) is 0 Å². The number of amides is 1. The summed E-state index contributed by atoms with van der Waals surface area (Å²) in [6.45, 7) is 0. The minimum Gasteiger partial charge on any atom is -0.294 e. The fourth-order valence-electron chi connectivity index (χ4n) is 3.86. The third-order valence-electron chi connectivity index (χ3n) is 5.03. The molecule has 1 aliphatic heterocycles. The van der Waals surface area contributed by atoms with Crippen LogP contribution in [0.4, 0.5) is 5.69 Å². The van der Waals surface area contributed by atoms with Crippen molar-refractivity contribution in [2.24, 2.45) is 0 Å². The van der Waals surface area contributed by atoms with Gasteiger partial charge in [-0.3, -0.25) is 14.5 Å². The van der Waals surface area contributed by atoms with Gasteiger partial charge < -0.3 is 0 Å². The van der Waals surface area contributed by atoms with Gasteiger partial charge in [0, 0.05) is 45.8 Å². The number of carbonyl (C=O) groups is 2. The Bertz CT molecular complexity index is 901. The fourth-order valence-corrected chi connectivity index (χ4v) is 4.11. The Kier molecular flexibility index (Phi) is 4.60. The Hall–Kier alpha value is -2.10. The topological polar surface area (TPSA) is 37.4 Å². The molecule has 4 rings (SSSR count). The zero-order valence-corrected chi connectivity index (χ0v) is 15.6. The van der Waals surface area contributed by atoms with E-state index >= 15 is 0 Å². The van der Waals surface area contributed by atoms with Crippen LogP contribution in [0.25, 0.3) is 0 Å².